The van der Waals surface area contributed by atoms with E-state index in [1.165, 1.54) is 0 Å². The first-order valence-electron chi connectivity index (χ1n) is 3.50. The maximum atomic E-state index is 5.18. The van der Waals surface area contributed by atoms with Crippen LogP contribution in [0.5, 0.6) is 0 Å². The third-order valence-corrected chi connectivity index (χ3v) is 2.26. The second-order valence-electron chi connectivity index (χ2n) is 2.41. The third kappa shape index (κ3) is 1.92. The molecule has 58 valence electrons. The summed E-state index contributed by atoms with van der Waals surface area (Å²) in [6.07, 6.45) is 2.04. The zero-order valence-electron chi connectivity index (χ0n) is 6.13. The fourth-order valence-electron chi connectivity index (χ4n) is 1.10. The molecule has 0 amide bonds. The summed E-state index contributed by atoms with van der Waals surface area (Å²) in [7, 11) is 1.64. The zero-order valence-corrected chi connectivity index (χ0v) is 6.95. The van der Waals surface area contributed by atoms with Crippen molar-refractivity contribution < 1.29 is 9.47 Å². The van der Waals surface area contributed by atoms with Gasteiger partial charge in [0.15, 0.2) is 5.05 Å². The summed E-state index contributed by atoms with van der Waals surface area (Å²) >= 11 is 5.00. The Bertz CT molecular complexity index is 119. The van der Waals surface area contributed by atoms with E-state index in [4.69, 9.17) is 21.7 Å². The summed E-state index contributed by atoms with van der Waals surface area (Å²) in [5.41, 5.74) is 0. The Morgan fingerprint density at radius 3 is 2.60 bits per heavy atom. The van der Waals surface area contributed by atoms with Gasteiger partial charge in [-0.2, -0.15) is 0 Å². The molecule has 0 aromatic heterocycles. The Morgan fingerprint density at radius 1 is 1.50 bits per heavy atom. The summed E-state index contributed by atoms with van der Waals surface area (Å²) in [5.74, 6) is 0.453. The van der Waals surface area contributed by atoms with Gasteiger partial charge in [-0.05, 0) is 25.1 Å². The van der Waals surface area contributed by atoms with E-state index < -0.39 is 0 Å². The second-order valence-corrected chi connectivity index (χ2v) is 2.81. The molecule has 1 rings (SSSR count). The summed E-state index contributed by atoms with van der Waals surface area (Å²) in [5, 5.41) is 0.739. The van der Waals surface area contributed by atoms with Gasteiger partial charge in [-0.1, -0.05) is 0 Å². The van der Waals surface area contributed by atoms with Crippen LogP contribution in [0.4, 0.5) is 0 Å². The van der Waals surface area contributed by atoms with Crippen LogP contribution >= 0.6 is 12.2 Å². The van der Waals surface area contributed by atoms with Crippen molar-refractivity contribution in [2.45, 2.75) is 12.8 Å². The molecule has 1 fully saturated rings. The van der Waals surface area contributed by atoms with E-state index >= 15 is 0 Å². The molecule has 0 N–H and O–H groups in total. The predicted molar refractivity (Wildman–Crippen MR) is 43.2 cm³/mol. The summed E-state index contributed by atoms with van der Waals surface area (Å²) in [6, 6.07) is 0. The second kappa shape index (κ2) is 3.88. The minimum Gasteiger partial charge on any atom is -0.490 e. The molecule has 0 aromatic carbocycles. The van der Waals surface area contributed by atoms with E-state index in [9.17, 15) is 0 Å². The first kappa shape index (κ1) is 7.95. The SMILES string of the molecule is COC(=S)C1CCOCC1. The van der Waals surface area contributed by atoms with Crippen molar-refractivity contribution in [3.8, 4) is 0 Å². The minimum absolute atomic E-state index is 0.453. The highest BCUT2D eigenvalue weighted by molar-refractivity contribution is 7.80. The Labute approximate surface area is 66.5 Å². The van der Waals surface area contributed by atoms with Gasteiger partial charge in [0.05, 0.1) is 7.11 Å². The van der Waals surface area contributed by atoms with Gasteiger partial charge in [0, 0.05) is 19.1 Å². The number of ether oxygens (including phenoxy) is 2. The standard InChI is InChI=1S/C7H12O2S/c1-8-7(10)6-2-4-9-5-3-6/h6H,2-5H2,1H3. The lowest BCUT2D eigenvalue weighted by molar-refractivity contribution is 0.0785. The van der Waals surface area contributed by atoms with E-state index in [1.807, 2.05) is 0 Å². The maximum Gasteiger partial charge on any atom is 0.162 e. The molecule has 1 aliphatic rings. The van der Waals surface area contributed by atoms with Crippen molar-refractivity contribution in [1.82, 2.24) is 0 Å². The van der Waals surface area contributed by atoms with Crippen molar-refractivity contribution in [3.05, 3.63) is 0 Å². The van der Waals surface area contributed by atoms with Crippen molar-refractivity contribution in [2.75, 3.05) is 20.3 Å². The molecule has 0 spiro atoms. The number of methoxy groups -OCH3 is 1. The molecule has 0 bridgehead atoms. The number of hydrogen-bond acceptors (Lipinski definition) is 3. The molecule has 0 atom stereocenters. The molecule has 1 aliphatic heterocycles. The fraction of sp³-hybridized carbons (Fsp3) is 0.857. The lowest BCUT2D eigenvalue weighted by Gasteiger charge is -2.21. The van der Waals surface area contributed by atoms with Crippen molar-refractivity contribution in [2.24, 2.45) is 5.92 Å². The van der Waals surface area contributed by atoms with E-state index in [2.05, 4.69) is 0 Å². The fourth-order valence-corrected chi connectivity index (χ4v) is 1.34. The first-order chi connectivity index (χ1) is 4.84. The van der Waals surface area contributed by atoms with E-state index in [1.54, 1.807) is 7.11 Å². The molecule has 1 heterocycles. The van der Waals surface area contributed by atoms with E-state index in [0.717, 1.165) is 31.1 Å². The first-order valence-corrected chi connectivity index (χ1v) is 3.91. The van der Waals surface area contributed by atoms with Crippen LogP contribution in [0.1, 0.15) is 12.8 Å². The van der Waals surface area contributed by atoms with Gasteiger partial charge in [0.2, 0.25) is 0 Å². The van der Waals surface area contributed by atoms with Crippen LogP contribution in [0.25, 0.3) is 0 Å². The maximum absolute atomic E-state index is 5.18. The third-order valence-electron chi connectivity index (χ3n) is 1.76. The monoisotopic (exact) mass is 160 g/mol. The highest BCUT2D eigenvalue weighted by Crippen LogP contribution is 2.16. The molecule has 10 heavy (non-hydrogen) atoms. The van der Waals surface area contributed by atoms with Gasteiger partial charge in [-0.3, -0.25) is 0 Å². The Kier molecular flexibility index (Phi) is 3.09. The smallest absolute Gasteiger partial charge is 0.162 e. The van der Waals surface area contributed by atoms with Crippen LogP contribution < -0.4 is 0 Å². The van der Waals surface area contributed by atoms with Crippen molar-refractivity contribution in [3.63, 3.8) is 0 Å². The molecular formula is C7H12O2S. The molecule has 0 unspecified atom stereocenters. The topological polar surface area (TPSA) is 18.5 Å². The van der Waals surface area contributed by atoms with E-state index in [0.29, 0.717) is 5.92 Å². The lowest BCUT2D eigenvalue weighted by Crippen LogP contribution is -2.22. The number of rotatable bonds is 1. The summed E-state index contributed by atoms with van der Waals surface area (Å²) in [4.78, 5) is 0. The molecule has 2 nitrogen and oxygen atoms in total. The average Bonchev–Trinajstić information content (AvgIpc) is 2.05. The molecule has 1 saturated heterocycles. The van der Waals surface area contributed by atoms with Gasteiger partial charge < -0.3 is 9.47 Å². The zero-order chi connectivity index (χ0) is 7.40. The quantitative estimate of drug-likeness (QED) is 0.540. The minimum atomic E-state index is 0.453. The number of hydrogen-bond donors (Lipinski definition) is 0. The average molecular weight is 160 g/mol. The van der Waals surface area contributed by atoms with Crippen LogP contribution in [0, 0.1) is 5.92 Å². The Morgan fingerprint density at radius 2 is 2.10 bits per heavy atom. The van der Waals surface area contributed by atoms with Gasteiger partial charge in [0.1, 0.15) is 0 Å². The van der Waals surface area contributed by atoms with Crippen LogP contribution in [0.3, 0.4) is 0 Å². The highest BCUT2D eigenvalue weighted by Gasteiger charge is 2.18. The summed E-state index contributed by atoms with van der Waals surface area (Å²) < 4.78 is 10.1. The molecule has 0 radical (unpaired) electrons. The molecule has 3 heteroatoms. The molecule has 0 aromatic rings. The predicted octanol–water partition coefficient (Wildman–Crippen LogP) is 1.39. The van der Waals surface area contributed by atoms with Crippen LogP contribution in [-0.4, -0.2) is 25.4 Å². The van der Waals surface area contributed by atoms with Crippen molar-refractivity contribution in [1.29, 1.82) is 0 Å². The summed E-state index contributed by atoms with van der Waals surface area (Å²) in [6.45, 7) is 1.66. The highest BCUT2D eigenvalue weighted by atomic mass is 32.1. The molecule has 0 saturated carbocycles. The normalized spacial score (nSPS) is 20.5. The largest absolute Gasteiger partial charge is 0.490 e. The van der Waals surface area contributed by atoms with Gasteiger partial charge in [0.25, 0.3) is 0 Å². The van der Waals surface area contributed by atoms with Gasteiger partial charge in [-0.25, -0.2) is 0 Å². The van der Waals surface area contributed by atoms with Crippen LogP contribution in [0.15, 0.2) is 0 Å². The van der Waals surface area contributed by atoms with Crippen molar-refractivity contribution >= 4 is 17.3 Å². The molecular weight excluding hydrogens is 148 g/mol. The van der Waals surface area contributed by atoms with Crippen LogP contribution in [-0.2, 0) is 9.47 Å². The van der Waals surface area contributed by atoms with E-state index in [-0.39, 0.29) is 0 Å². The number of thiocarbonyl (C=S) groups is 1. The Hall–Kier alpha value is -0.150. The van der Waals surface area contributed by atoms with Gasteiger partial charge >= 0.3 is 0 Å². The lowest BCUT2D eigenvalue weighted by atomic mass is 10.0. The van der Waals surface area contributed by atoms with Gasteiger partial charge in [-0.15, -0.1) is 0 Å². The Balaban J connectivity index is 2.31. The molecule has 0 aliphatic carbocycles. The van der Waals surface area contributed by atoms with Crippen LogP contribution in [0.2, 0.25) is 0 Å².